The third kappa shape index (κ3) is 4.62. The molecular formula is C14H20N2O3. The first-order chi connectivity index (χ1) is 8.70. The summed E-state index contributed by atoms with van der Waals surface area (Å²) in [5, 5.41) is 8.89. The van der Waals surface area contributed by atoms with Gasteiger partial charge in [0.15, 0.2) is 0 Å². The first kappa shape index (κ1) is 15.0. The molecular weight excluding hydrogens is 244 g/mol. The average molecular weight is 264 g/mol. The van der Waals surface area contributed by atoms with Crippen LogP contribution >= 0.6 is 0 Å². The topological polar surface area (TPSA) is 83.6 Å². The minimum atomic E-state index is -1.01. The minimum absolute atomic E-state index is 0.171. The first-order valence-electron chi connectivity index (χ1n) is 6.07. The molecule has 0 bridgehead atoms. The molecule has 0 aliphatic heterocycles. The maximum Gasteiger partial charge on any atom is 0.323 e. The Hall–Kier alpha value is -2.04. The number of hydrogen-bond acceptors (Lipinski definition) is 3. The van der Waals surface area contributed by atoms with Crippen LogP contribution in [0.15, 0.2) is 24.3 Å². The van der Waals surface area contributed by atoms with Gasteiger partial charge in [-0.15, -0.1) is 0 Å². The zero-order valence-corrected chi connectivity index (χ0v) is 11.5. The maximum atomic E-state index is 12.2. The Morgan fingerprint density at radius 2 is 1.74 bits per heavy atom. The standard InChI is InChI=1S/C14H20N2O3/c1-14(2,3)16(9-13(18)19)12(17)8-10-4-6-11(15)7-5-10/h4-7H,8-9,15H2,1-3H3,(H,18,19). The molecule has 1 aromatic rings. The number of carbonyl (C=O) groups excluding carboxylic acids is 1. The molecule has 0 aromatic heterocycles. The van der Waals surface area contributed by atoms with Crippen LogP contribution in [0, 0.1) is 0 Å². The fraction of sp³-hybridized carbons (Fsp3) is 0.429. The van der Waals surface area contributed by atoms with Gasteiger partial charge in [-0.2, -0.15) is 0 Å². The number of anilines is 1. The molecule has 19 heavy (non-hydrogen) atoms. The van der Waals surface area contributed by atoms with Gasteiger partial charge in [-0.3, -0.25) is 9.59 Å². The van der Waals surface area contributed by atoms with Gasteiger partial charge < -0.3 is 15.7 Å². The number of carbonyl (C=O) groups is 2. The molecule has 1 aromatic carbocycles. The normalized spacial score (nSPS) is 11.1. The summed E-state index contributed by atoms with van der Waals surface area (Å²) in [5.74, 6) is -1.22. The summed E-state index contributed by atoms with van der Waals surface area (Å²) in [6.45, 7) is 5.15. The van der Waals surface area contributed by atoms with Crippen molar-refractivity contribution in [1.29, 1.82) is 0 Å². The molecule has 1 amide bonds. The fourth-order valence-corrected chi connectivity index (χ4v) is 1.74. The predicted octanol–water partition coefficient (Wildman–Crippen LogP) is 1.52. The first-order valence-corrected chi connectivity index (χ1v) is 6.07. The van der Waals surface area contributed by atoms with E-state index in [-0.39, 0.29) is 18.9 Å². The van der Waals surface area contributed by atoms with Gasteiger partial charge in [-0.05, 0) is 38.5 Å². The van der Waals surface area contributed by atoms with E-state index in [1.165, 1.54) is 4.90 Å². The van der Waals surface area contributed by atoms with Crippen LogP contribution in [0.3, 0.4) is 0 Å². The van der Waals surface area contributed by atoms with Crippen molar-refractivity contribution in [2.45, 2.75) is 32.7 Å². The van der Waals surface area contributed by atoms with Crippen LogP contribution in [-0.2, 0) is 16.0 Å². The molecule has 5 nitrogen and oxygen atoms in total. The van der Waals surface area contributed by atoms with Crippen LogP contribution in [0.5, 0.6) is 0 Å². The van der Waals surface area contributed by atoms with Gasteiger partial charge in [0.1, 0.15) is 6.54 Å². The molecule has 0 atom stereocenters. The molecule has 3 N–H and O–H groups in total. The van der Waals surface area contributed by atoms with Crippen molar-refractivity contribution in [1.82, 2.24) is 4.90 Å². The van der Waals surface area contributed by atoms with E-state index >= 15 is 0 Å². The highest BCUT2D eigenvalue weighted by Crippen LogP contribution is 2.16. The second kappa shape index (κ2) is 5.73. The molecule has 0 saturated heterocycles. The van der Waals surface area contributed by atoms with Crippen LogP contribution in [-0.4, -0.2) is 34.0 Å². The quantitative estimate of drug-likeness (QED) is 0.808. The second-order valence-electron chi connectivity index (χ2n) is 5.46. The third-order valence-corrected chi connectivity index (χ3v) is 2.74. The Bertz CT molecular complexity index is 461. The van der Waals surface area contributed by atoms with Gasteiger partial charge in [-0.25, -0.2) is 0 Å². The van der Waals surface area contributed by atoms with Crippen LogP contribution in [0.4, 0.5) is 5.69 Å². The molecule has 5 heteroatoms. The van der Waals surface area contributed by atoms with E-state index in [2.05, 4.69) is 0 Å². The second-order valence-corrected chi connectivity index (χ2v) is 5.46. The third-order valence-electron chi connectivity index (χ3n) is 2.74. The lowest BCUT2D eigenvalue weighted by atomic mass is 10.0. The van der Waals surface area contributed by atoms with E-state index in [0.29, 0.717) is 5.69 Å². The lowest BCUT2D eigenvalue weighted by molar-refractivity contribution is -0.147. The summed E-state index contributed by atoms with van der Waals surface area (Å²) in [5.41, 5.74) is 6.51. The zero-order valence-electron chi connectivity index (χ0n) is 11.5. The molecule has 0 radical (unpaired) electrons. The monoisotopic (exact) mass is 264 g/mol. The molecule has 0 unspecified atom stereocenters. The van der Waals surface area contributed by atoms with E-state index in [1.807, 2.05) is 20.8 Å². The maximum absolute atomic E-state index is 12.2. The molecule has 0 fully saturated rings. The summed E-state index contributed by atoms with van der Waals surface area (Å²) in [6, 6.07) is 6.99. The van der Waals surface area contributed by atoms with Crippen molar-refractivity contribution < 1.29 is 14.7 Å². The number of nitrogen functional groups attached to an aromatic ring is 1. The van der Waals surface area contributed by atoms with E-state index in [1.54, 1.807) is 24.3 Å². The number of aliphatic carboxylic acids is 1. The number of nitrogens with two attached hydrogens (primary N) is 1. The summed E-state index contributed by atoms with van der Waals surface area (Å²) >= 11 is 0. The van der Waals surface area contributed by atoms with Crippen molar-refractivity contribution in [3.05, 3.63) is 29.8 Å². The zero-order chi connectivity index (χ0) is 14.6. The number of amides is 1. The predicted molar refractivity (Wildman–Crippen MR) is 73.7 cm³/mol. The molecule has 0 aliphatic carbocycles. The number of hydrogen-bond donors (Lipinski definition) is 2. The van der Waals surface area contributed by atoms with Crippen molar-refractivity contribution >= 4 is 17.6 Å². The SMILES string of the molecule is CC(C)(C)N(CC(=O)O)C(=O)Cc1ccc(N)cc1. The minimum Gasteiger partial charge on any atom is -0.480 e. The van der Waals surface area contributed by atoms with E-state index in [0.717, 1.165) is 5.56 Å². The van der Waals surface area contributed by atoms with Crippen molar-refractivity contribution in [3.8, 4) is 0 Å². The average Bonchev–Trinajstić information content (AvgIpc) is 2.27. The fourth-order valence-electron chi connectivity index (χ4n) is 1.74. The number of carboxylic acid groups (broad SMARTS) is 1. The van der Waals surface area contributed by atoms with Crippen LogP contribution < -0.4 is 5.73 Å². The number of nitrogens with zero attached hydrogens (tertiary/aromatic N) is 1. The van der Waals surface area contributed by atoms with Gasteiger partial charge in [0.2, 0.25) is 5.91 Å². The van der Waals surface area contributed by atoms with Crippen LogP contribution in [0.1, 0.15) is 26.3 Å². The van der Waals surface area contributed by atoms with E-state index in [4.69, 9.17) is 10.8 Å². The highest BCUT2D eigenvalue weighted by Gasteiger charge is 2.28. The lowest BCUT2D eigenvalue weighted by Crippen LogP contribution is -2.48. The highest BCUT2D eigenvalue weighted by atomic mass is 16.4. The lowest BCUT2D eigenvalue weighted by Gasteiger charge is -2.34. The van der Waals surface area contributed by atoms with Gasteiger partial charge in [0.25, 0.3) is 0 Å². The summed E-state index contributed by atoms with van der Waals surface area (Å²) < 4.78 is 0. The molecule has 1 rings (SSSR count). The molecule has 0 spiro atoms. The Morgan fingerprint density at radius 1 is 1.21 bits per heavy atom. The smallest absolute Gasteiger partial charge is 0.323 e. The number of benzene rings is 1. The number of rotatable bonds is 4. The van der Waals surface area contributed by atoms with Crippen LogP contribution in [0.25, 0.3) is 0 Å². The molecule has 104 valence electrons. The van der Waals surface area contributed by atoms with Gasteiger partial charge in [0.05, 0.1) is 6.42 Å². The van der Waals surface area contributed by atoms with Gasteiger partial charge >= 0.3 is 5.97 Å². The largest absolute Gasteiger partial charge is 0.480 e. The Balaban J connectivity index is 2.82. The van der Waals surface area contributed by atoms with E-state index < -0.39 is 11.5 Å². The summed E-state index contributed by atoms with van der Waals surface area (Å²) in [6.07, 6.45) is 0.171. The Morgan fingerprint density at radius 3 is 2.16 bits per heavy atom. The number of carboxylic acids is 1. The summed E-state index contributed by atoms with van der Waals surface area (Å²) in [4.78, 5) is 24.4. The van der Waals surface area contributed by atoms with Gasteiger partial charge in [-0.1, -0.05) is 12.1 Å². The van der Waals surface area contributed by atoms with Crippen molar-refractivity contribution in [2.24, 2.45) is 0 Å². The Labute approximate surface area is 113 Å². The Kier molecular flexibility index (Phi) is 4.53. The molecule has 0 heterocycles. The van der Waals surface area contributed by atoms with Crippen LogP contribution in [0.2, 0.25) is 0 Å². The van der Waals surface area contributed by atoms with E-state index in [9.17, 15) is 9.59 Å². The van der Waals surface area contributed by atoms with Crippen molar-refractivity contribution in [3.63, 3.8) is 0 Å². The van der Waals surface area contributed by atoms with Gasteiger partial charge in [0, 0.05) is 11.2 Å². The highest BCUT2D eigenvalue weighted by molar-refractivity contribution is 5.83. The molecule has 0 aliphatic rings. The molecule has 0 saturated carbocycles. The van der Waals surface area contributed by atoms with Crippen molar-refractivity contribution in [2.75, 3.05) is 12.3 Å². The summed E-state index contributed by atoms with van der Waals surface area (Å²) in [7, 11) is 0.